The number of hydrogen-bond donors (Lipinski definition) is 2. The standard InChI is InChI=1S/C14H20N2O2/c1-2-11-7-9-12(10-8-11)16-14(18)6-4-3-5-13(15)17/h7-10H,2-6H2,1H3,(H2,15,17)(H,16,18). The summed E-state index contributed by atoms with van der Waals surface area (Å²) in [5.74, 6) is -0.339. The Morgan fingerprint density at radius 2 is 1.72 bits per heavy atom. The zero-order chi connectivity index (χ0) is 13.4. The van der Waals surface area contributed by atoms with Crippen LogP contribution in [0.1, 0.15) is 38.2 Å². The summed E-state index contributed by atoms with van der Waals surface area (Å²) in [6, 6.07) is 7.81. The largest absolute Gasteiger partial charge is 0.370 e. The van der Waals surface area contributed by atoms with Crippen LogP contribution >= 0.6 is 0 Å². The summed E-state index contributed by atoms with van der Waals surface area (Å²) in [7, 11) is 0. The van der Waals surface area contributed by atoms with Crippen molar-refractivity contribution in [1.82, 2.24) is 0 Å². The Kier molecular flexibility index (Phi) is 5.91. The first-order valence-corrected chi connectivity index (χ1v) is 6.29. The summed E-state index contributed by atoms with van der Waals surface area (Å²) in [5.41, 5.74) is 7.08. The summed E-state index contributed by atoms with van der Waals surface area (Å²) in [4.78, 5) is 22.1. The van der Waals surface area contributed by atoms with Gasteiger partial charge in [-0.3, -0.25) is 9.59 Å². The topological polar surface area (TPSA) is 72.2 Å². The Hall–Kier alpha value is -1.84. The van der Waals surface area contributed by atoms with Crippen molar-refractivity contribution in [3.05, 3.63) is 29.8 Å². The Labute approximate surface area is 108 Å². The molecule has 0 aliphatic rings. The highest BCUT2D eigenvalue weighted by Gasteiger charge is 2.03. The Morgan fingerprint density at radius 1 is 1.11 bits per heavy atom. The van der Waals surface area contributed by atoms with E-state index in [9.17, 15) is 9.59 Å². The average molecular weight is 248 g/mol. The van der Waals surface area contributed by atoms with E-state index in [-0.39, 0.29) is 11.8 Å². The molecule has 0 saturated carbocycles. The van der Waals surface area contributed by atoms with E-state index in [0.29, 0.717) is 25.7 Å². The van der Waals surface area contributed by atoms with Gasteiger partial charge < -0.3 is 11.1 Å². The van der Waals surface area contributed by atoms with E-state index < -0.39 is 0 Å². The maximum Gasteiger partial charge on any atom is 0.224 e. The van der Waals surface area contributed by atoms with Crippen molar-refractivity contribution < 1.29 is 9.59 Å². The third kappa shape index (κ3) is 5.48. The van der Waals surface area contributed by atoms with Crippen molar-refractivity contribution in [1.29, 1.82) is 0 Å². The van der Waals surface area contributed by atoms with Crippen LogP contribution in [0.5, 0.6) is 0 Å². The molecule has 1 aromatic rings. The molecule has 4 nitrogen and oxygen atoms in total. The molecular formula is C14H20N2O2. The quantitative estimate of drug-likeness (QED) is 0.726. The van der Waals surface area contributed by atoms with E-state index >= 15 is 0 Å². The summed E-state index contributed by atoms with van der Waals surface area (Å²) in [6.07, 6.45) is 3.10. The predicted molar refractivity (Wildman–Crippen MR) is 72.1 cm³/mol. The van der Waals surface area contributed by atoms with E-state index in [4.69, 9.17) is 5.73 Å². The van der Waals surface area contributed by atoms with Crippen molar-refractivity contribution in [2.24, 2.45) is 5.73 Å². The molecule has 1 rings (SSSR count). The molecule has 0 aliphatic heterocycles. The van der Waals surface area contributed by atoms with Crippen LogP contribution < -0.4 is 11.1 Å². The van der Waals surface area contributed by atoms with Gasteiger partial charge in [0.2, 0.25) is 11.8 Å². The van der Waals surface area contributed by atoms with Gasteiger partial charge in [0.05, 0.1) is 0 Å². The minimum atomic E-state index is -0.314. The lowest BCUT2D eigenvalue weighted by Crippen LogP contribution is -2.13. The highest BCUT2D eigenvalue weighted by molar-refractivity contribution is 5.90. The number of hydrogen-bond acceptors (Lipinski definition) is 2. The lowest BCUT2D eigenvalue weighted by Gasteiger charge is -2.05. The number of primary amides is 1. The van der Waals surface area contributed by atoms with Gasteiger partial charge in [-0.05, 0) is 37.0 Å². The van der Waals surface area contributed by atoms with Gasteiger partial charge in [-0.2, -0.15) is 0 Å². The van der Waals surface area contributed by atoms with Crippen LogP contribution in [0.25, 0.3) is 0 Å². The Balaban J connectivity index is 2.28. The molecule has 2 amide bonds. The first-order valence-electron chi connectivity index (χ1n) is 6.29. The fourth-order valence-electron chi connectivity index (χ4n) is 1.63. The van der Waals surface area contributed by atoms with E-state index in [0.717, 1.165) is 12.1 Å². The maximum atomic E-state index is 11.6. The van der Waals surface area contributed by atoms with Crippen LogP contribution in [0.3, 0.4) is 0 Å². The number of amides is 2. The molecule has 18 heavy (non-hydrogen) atoms. The Morgan fingerprint density at radius 3 is 2.28 bits per heavy atom. The monoisotopic (exact) mass is 248 g/mol. The van der Waals surface area contributed by atoms with Gasteiger partial charge in [-0.1, -0.05) is 19.1 Å². The molecule has 3 N–H and O–H groups in total. The van der Waals surface area contributed by atoms with Crippen molar-refractivity contribution in [2.45, 2.75) is 39.0 Å². The lowest BCUT2D eigenvalue weighted by molar-refractivity contribution is -0.119. The van der Waals surface area contributed by atoms with Gasteiger partial charge >= 0.3 is 0 Å². The predicted octanol–water partition coefficient (Wildman–Crippen LogP) is 2.23. The zero-order valence-electron chi connectivity index (χ0n) is 10.7. The second kappa shape index (κ2) is 7.48. The minimum absolute atomic E-state index is 0.0243. The average Bonchev–Trinajstić information content (AvgIpc) is 2.35. The molecule has 0 aromatic heterocycles. The minimum Gasteiger partial charge on any atom is -0.370 e. The highest BCUT2D eigenvalue weighted by Crippen LogP contribution is 2.11. The molecule has 0 unspecified atom stereocenters. The lowest BCUT2D eigenvalue weighted by atomic mass is 10.1. The van der Waals surface area contributed by atoms with Gasteiger partial charge in [0.15, 0.2) is 0 Å². The fourth-order valence-corrected chi connectivity index (χ4v) is 1.63. The van der Waals surface area contributed by atoms with Gasteiger partial charge in [-0.15, -0.1) is 0 Å². The first kappa shape index (κ1) is 14.2. The third-order valence-electron chi connectivity index (χ3n) is 2.72. The number of nitrogens with one attached hydrogen (secondary N) is 1. The first-order chi connectivity index (χ1) is 8.61. The van der Waals surface area contributed by atoms with Crippen LogP contribution in [-0.4, -0.2) is 11.8 Å². The van der Waals surface area contributed by atoms with Gasteiger partial charge in [0, 0.05) is 18.5 Å². The van der Waals surface area contributed by atoms with Gasteiger partial charge in [0.25, 0.3) is 0 Å². The summed E-state index contributed by atoms with van der Waals surface area (Å²) >= 11 is 0. The molecule has 0 heterocycles. The molecule has 0 atom stereocenters. The number of carbonyl (C=O) groups excluding carboxylic acids is 2. The number of unbranched alkanes of at least 4 members (excludes halogenated alkanes) is 1. The molecule has 4 heteroatoms. The second-order valence-electron chi connectivity index (χ2n) is 4.27. The van der Waals surface area contributed by atoms with Gasteiger partial charge in [0.1, 0.15) is 0 Å². The molecule has 0 aliphatic carbocycles. The second-order valence-corrected chi connectivity index (χ2v) is 4.27. The SMILES string of the molecule is CCc1ccc(NC(=O)CCCCC(N)=O)cc1. The maximum absolute atomic E-state index is 11.6. The highest BCUT2D eigenvalue weighted by atomic mass is 16.1. The molecule has 0 fully saturated rings. The summed E-state index contributed by atoms with van der Waals surface area (Å²) in [6.45, 7) is 2.09. The van der Waals surface area contributed by atoms with Crippen LogP contribution in [0, 0.1) is 0 Å². The molecule has 0 bridgehead atoms. The normalized spacial score (nSPS) is 10.1. The summed E-state index contributed by atoms with van der Waals surface area (Å²) < 4.78 is 0. The molecule has 0 radical (unpaired) electrons. The molecule has 0 spiro atoms. The van der Waals surface area contributed by atoms with E-state index in [2.05, 4.69) is 12.2 Å². The molecule has 1 aromatic carbocycles. The van der Waals surface area contributed by atoms with E-state index in [1.165, 1.54) is 5.56 Å². The van der Waals surface area contributed by atoms with Crippen molar-refractivity contribution in [3.63, 3.8) is 0 Å². The number of aryl methyl sites for hydroxylation is 1. The van der Waals surface area contributed by atoms with Crippen molar-refractivity contribution >= 4 is 17.5 Å². The molecular weight excluding hydrogens is 228 g/mol. The van der Waals surface area contributed by atoms with Crippen molar-refractivity contribution in [2.75, 3.05) is 5.32 Å². The molecule has 0 saturated heterocycles. The third-order valence-corrected chi connectivity index (χ3v) is 2.72. The molecule has 98 valence electrons. The van der Waals surface area contributed by atoms with Crippen LogP contribution in [0.15, 0.2) is 24.3 Å². The zero-order valence-corrected chi connectivity index (χ0v) is 10.7. The van der Waals surface area contributed by atoms with E-state index in [1.807, 2.05) is 24.3 Å². The number of carbonyl (C=O) groups is 2. The van der Waals surface area contributed by atoms with Gasteiger partial charge in [-0.25, -0.2) is 0 Å². The number of anilines is 1. The fraction of sp³-hybridized carbons (Fsp3) is 0.429. The van der Waals surface area contributed by atoms with Crippen LogP contribution in [0.4, 0.5) is 5.69 Å². The number of nitrogens with two attached hydrogens (primary N) is 1. The van der Waals surface area contributed by atoms with E-state index in [1.54, 1.807) is 0 Å². The van der Waals surface area contributed by atoms with Crippen LogP contribution in [-0.2, 0) is 16.0 Å². The Bertz CT molecular complexity index is 399. The number of rotatable bonds is 7. The van der Waals surface area contributed by atoms with Crippen molar-refractivity contribution in [3.8, 4) is 0 Å². The van der Waals surface area contributed by atoms with Crippen LogP contribution in [0.2, 0.25) is 0 Å². The smallest absolute Gasteiger partial charge is 0.224 e. The summed E-state index contributed by atoms with van der Waals surface area (Å²) in [5, 5.41) is 2.83. The number of benzene rings is 1.